The number of fused-ring (bicyclic) bond motifs is 1. The number of benzene rings is 2. The number of carbonyl (C=O) groups excluding carboxylic acids is 3. The van der Waals surface area contributed by atoms with Gasteiger partial charge in [0.05, 0.1) is 5.69 Å². The molecular formula is C25H26BrFN4O3. The van der Waals surface area contributed by atoms with Crippen molar-refractivity contribution in [1.29, 1.82) is 0 Å². The number of nitrogens with one attached hydrogen (secondary N) is 1. The Bertz CT molecular complexity index is 1130. The molecule has 3 aliphatic heterocycles. The van der Waals surface area contributed by atoms with Crippen LogP contribution in [0, 0.1) is 5.82 Å². The summed E-state index contributed by atoms with van der Waals surface area (Å²) in [4.78, 5) is 42.5. The van der Waals surface area contributed by atoms with Gasteiger partial charge in [-0.1, -0.05) is 28.1 Å². The minimum Gasteiger partial charge on any atom is -0.367 e. The first-order valence-corrected chi connectivity index (χ1v) is 12.4. The van der Waals surface area contributed by atoms with Gasteiger partial charge in [0.15, 0.2) is 0 Å². The molecule has 1 N–H and O–H groups in total. The summed E-state index contributed by atoms with van der Waals surface area (Å²) in [5, 5.41) is 2.29. The van der Waals surface area contributed by atoms with Crippen LogP contribution in [0.1, 0.15) is 34.3 Å². The summed E-state index contributed by atoms with van der Waals surface area (Å²) in [6.07, 6.45) is 1.46. The highest BCUT2D eigenvalue weighted by molar-refractivity contribution is 9.10. The SMILES string of the molecule is O=C1CCC(N2Cc3cc(N4CCN(CCc5ccc(Br)cc5)CC4)c(F)cc3C2=O)C(=O)N1. The van der Waals surface area contributed by atoms with Crippen LogP contribution in [0.15, 0.2) is 40.9 Å². The second kappa shape index (κ2) is 9.46. The quantitative estimate of drug-likeness (QED) is 0.604. The van der Waals surface area contributed by atoms with Gasteiger partial charge in [-0.05, 0) is 48.2 Å². The maximum Gasteiger partial charge on any atom is 0.255 e. The summed E-state index contributed by atoms with van der Waals surface area (Å²) in [7, 11) is 0. The summed E-state index contributed by atoms with van der Waals surface area (Å²) < 4.78 is 16.1. The molecule has 2 saturated heterocycles. The van der Waals surface area contributed by atoms with Crippen molar-refractivity contribution in [2.24, 2.45) is 0 Å². The Balaban J connectivity index is 1.22. The van der Waals surface area contributed by atoms with Gasteiger partial charge in [0.2, 0.25) is 11.8 Å². The van der Waals surface area contributed by atoms with Gasteiger partial charge >= 0.3 is 0 Å². The predicted molar refractivity (Wildman–Crippen MR) is 129 cm³/mol. The van der Waals surface area contributed by atoms with Gasteiger partial charge in [0.1, 0.15) is 11.9 Å². The van der Waals surface area contributed by atoms with Crippen LogP contribution in [-0.2, 0) is 22.6 Å². The largest absolute Gasteiger partial charge is 0.367 e. The molecule has 1 atom stereocenters. The lowest BCUT2D eigenvalue weighted by molar-refractivity contribution is -0.136. The standard InChI is InChI=1S/C25H26BrFN4O3/c26-18-3-1-16(2-4-18)7-8-29-9-11-30(12-10-29)22-13-17-15-31(25(34)19(17)14-20(22)27)21-5-6-23(32)28-24(21)33/h1-4,13-14,21H,5-12,15H2,(H,28,32,33). The zero-order valence-corrected chi connectivity index (χ0v) is 20.3. The van der Waals surface area contributed by atoms with Crippen LogP contribution in [0.4, 0.5) is 10.1 Å². The fraction of sp³-hybridized carbons (Fsp3) is 0.400. The van der Waals surface area contributed by atoms with Crippen LogP contribution in [0.2, 0.25) is 0 Å². The van der Waals surface area contributed by atoms with E-state index in [9.17, 15) is 14.4 Å². The van der Waals surface area contributed by atoms with Crippen LogP contribution in [0.25, 0.3) is 0 Å². The Morgan fingerprint density at radius 2 is 1.76 bits per heavy atom. The van der Waals surface area contributed by atoms with Crippen LogP contribution < -0.4 is 10.2 Å². The van der Waals surface area contributed by atoms with E-state index >= 15 is 4.39 Å². The topological polar surface area (TPSA) is 73.0 Å². The van der Waals surface area contributed by atoms with Gasteiger partial charge < -0.3 is 9.80 Å². The summed E-state index contributed by atoms with van der Waals surface area (Å²) in [5.41, 5.74) is 2.83. The highest BCUT2D eigenvalue weighted by Gasteiger charge is 2.39. The number of rotatable bonds is 5. The van der Waals surface area contributed by atoms with Gasteiger partial charge in [-0.25, -0.2) is 4.39 Å². The third-order valence-electron chi connectivity index (χ3n) is 6.93. The van der Waals surface area contributed by atoms with Crippen LogP contribution in [0.5, 0.6) is 0 Å². The molecule has 0 bridgehead atoms. The van der Waals surface area contributed by atoms with E-state index in [0.29, 0.717) is 30.8 Å². The smallest absolute Gasteiger partial charge is 0.255 e. The van der Waals surface area contributed by atoms with Crippen molar-refractivity contribution >= 4 is 39.3 Å². The number of hydrogen-bond donors (Lipinski definition) is 1. The number of hydrogen-bond acceptors (Lipinski definition) is 5. The maximum atomic E-state index is 15.0. The van der Waals surface area contributed by atoms with Crippen LogP contribution in [0.3, 0.4) is 0 Å². The lowest BCUT2D eigenvalue weighted by Crippen LogP contribution is -2.52. The molecular weight excluding hydrogens is 503 g/mol. The van der Waals surface area contributed by atoms with Crippen molar-refractivity contribution in [3.8, 4) is 0 Å². The number of anilines is 1. The molecule has 3 heterocycles. The Labute approximate surface area is 206 Å². The number of imide groups is 1. The fourth-order valence-corrected chi connectivity index (χ4v) is 5.23. The van der Waals surface area contributed by atoms with Crippen molar-refractivity contribution in [2.75, 3.05) is 37.6 Å². The Hall–Kier alpha value is -2.78. The lowest BCUT2D eigenvalue weighted by atomic mass is 10.0. The van der Waals surface area contributed by atoms with E-state index in [0.717, 1.165) is 36.1 Å². The molecule has 34 heavy (non-hydrogen) atoms. The molecule has 2 aromatic rings. The molecule has 178 valence electrons. The molecule has 2 aromatic carbocycles. The lowest BCUT2D eigenvalue weighted by Gasteiger charge is -2.36. The molecule has 3 aliphatic rings. The van der Waals surface area contributed by atoms with Crippen LogP contribution >= 0.6 is 15.9 Å². The zero-order valence-electron chi connectivity index (χ0n) is 18.7. The molecule has 0 spiro atoms. The first kappa shape index (κ1) is 23.0. The van der Waals surface area contributed by atoms with E-state index in [1.807, 2.05) is 4.90 Å². The number of piperazine rings is 1. The first-order valence-electron chi connectivity index (χ1n) is 11.6. The molecule has 7 nitrogen and oxygen atoms in total. The molecule has 0 radical (unpaired) electrons. The molecule has 5 rings (SSSR count). The fourth-order valence-electron chi connectivity index (χ4n) is 4.97. The summed E-state index contributed by atoms with van der Waals surface area (Å²) in [6.45, 7) is 4.31. The minimum absolute atomic E-state index is 0.197. The highest BCUT2D eigenvalue weighted by Crippen LogP contribution is 2.33. The van der Waals surface area contributed by atoms with Gasteiger partial charge in [-0.15, -0.1) is 0 Å². The number of piperidine rings is 1. The second-order valence-electron chi connectivity index (χ2n) is 9.07. The summed E-state index contributed by atoms with van der Waals surface area (Å²) >= 11 is 3.46. The molecule has 3 amide bonds. The number of halogens is 2. The molecule has 1 unspecified atom stereocenters. The van der Waals surface area contributed by atoms with Gasteiger partial charge in [0, 0.05) is 55.7 Å². The zero-order chi connectivity index (χ0) is 23.8. The predicted octanol–water partition coefficient (Wildman–Crippen LogP) is 2.71. The monoisotopic (exact) mass is 528 g/mol. The van der Waals surface area contributed by atoms with E-state index in [-0.39, 0.29) is 24.8 Å². The Kier molecular flexibility index (Phi) is 6.40. The van der Waals surface area contributed by atoms with E-state index in [1.54, 1.807) is 6.07 Å². The average molecular weight is 529 g/mol. The average Bonchev–Trinajstić information content (AvgIpc) is 3.14. The second-order valence-corrected chi connectivity index (χ2v) is 9.98. The van der Waals surface area contributed by atoms with E-state index in [2.05, 4.69) is 50.4 Å². The molecule has 0 aromatic heterocycles. The number of nitrogens with zero attached hydrogens (tertiary/aromatic N) is 3. The summed E-state index contributed by atoms with van der Waals surface area (Å²) in [6, 6.07) is 10.7. The maximum absolute atomic E-state index is 15.0. The van der Waals surface area contributed by atoms with E-state index < -0.39 is 17.8 Å². The van der Waals surface area contributed by atoms with Crippen molar-refractivity contribution < 1.29 is 18.8 Å². The Morgan fingerprint density at radius 3 is 2.47 bits per heavy atom. The normalized spacial score (nSPS) is 21.1. The Morgan fingerprint density at radius 1 is 1.03 bits per heavy atom. The van der Waals surface area contributed by atoms with Gasteiger partial charge in [-0.2, -0.15) is 0 Å². The molecule has 9 heteroatoms. The molecule has 0 saturated carbocycles. The summed E-state index contributed by atoms with van der Waals surface area (Å²) in [5.74, 6) is -1.56. The molecule has 2 fully saturated rings. The third kappa shape index (κ3) is 4.59. The van der Waals surface area contributed by atoms with Crippen molar-refractivity contribution in [1.82, 2.24) is 15.1 Å². The van der Waals surface area contributed by atoms with Gasteiger partial charge in [0.25, 0.3) is 5.91 Å². The van der Waals surface area contributed by atoms with E-state index in [1.165, 1.54) is 16.5 Å². The third-order valence-corrected chi connectivity index (χ3v) is 7.46. The number of amides is 3. The van der Waals surface area contributed by atoms with Crippen LogP contribution in [-0.4, -0.2) is 66.3 Å². The first-order chi connectivity index (χ1) is 16.4. The molecule has 0 aliphatic carbocycles. The minimum atomic E-state index is -0.696. The van der Waals surface area contributed by atoms with Crippen molar-refractivity contribution in [2.45, 2.75) is 31.8 Å². The number of carbonyl (C=O) groups is 3. The van der Waals surface area contributed by atoms with Crippen molar-refractivity contribution in [3.05, 3.63) is 63.4 Å². The van der Waals surface area contributed by atoms with E-state index in [4.69, 9.17) is 0 Å². The highest BCUT2D eigenvalue weighted by atomic mass is 79.9. The van der Waals surface area contributed by atoms with Crippen molar-refractivity contribution in [3.63, 3.8) is 0 Å². The van der Waals surface area contributed by atoms with Gasteiger partial charge in [-0.3, -0.25) is 24.6 Å².